The monoisotopic (exact) mass is 628 g/mol. The fourth-order valence-corrected chi connectivity index (χ4v) is 12.0. The summed E-state index contributed by atoms with van der Waals surface area (Å²) in [5.41, 5.74) is 0.790. The molecular weight excluding hydrogens is 576 g/mol. The van der Waals surface area contributed by atoms with Gasteiger partial charge in [0.1, 0.15) is 6.10 Å². The molecule has 0 aromatic carbocycles. The van der Waals surface area contributed by atoms with E-state index in [9.17, 15) is 4.79 Å². The first kappa shape index (κ1) is 29.4. The van der Waals surface area contributed by atoms with Crippen molar-refractivity contribution in [3.63, 3.8) is 0 Å². The van der Waals surface area contributed by atoms with Crippen molar-refractivity contribution in [3.05, 3.63) is 0 Å². The Morgan fingerprint density at radius 3 is 2.44 bits per heavy atom. The molecule has 4 aliphatic rings. The second-order valence-corrected chi connectivity index (χ2v) is 16.9. The molecule has 0 amide bonds. The van der Waals surface area contributed by atoms with Crippen LogP contribution in [0.3, 0.4) is 0 Å². The summed E-state index contributed by atoms with van der Waals surface area (Å²) < 4.78 is 6.04. The average Bonchev–Trinajstić information content (AvgIpc) is 3.17. The third kappa shape index (κ3) is 5.27. The lowest BCUT2D eigenvalue weighted by Crippen LogP contribution is -2.64. The maximum Gasteiger partial charge on any atom is 0.306 e. The van der Waals surface area contributed by atoms with Crippen LogP contribution in [0, 0.1) is 46.3 Å². The summed E-state index contributed by atoms with van der Waals surface area (Å²) in [7, 11) is 0. The van der Waals surface area contributed by atoms with Crippen molar-refractivity contribution < 1.29 is 9.53 Å². The van der Waals surface area contributed by atoms with Gasteiger partial charge in [0.05, 0.1) is 0 Å². The van der Waals surface area contributed by atoms with Gasteiger partial charge in [0.25, 0.3) is 0 Å². The van der Waals surface area contributed by atoms with Crippen LogP contribution in [0.1, 0.15) is 131 Å². The SMILES string of the molecule is CCCCC(=O)OC1CCC2(C)C3CCC4(C)C(C(C)CCCC(C)C)CCC4C3CC(Br)C2(Br)C1. The predicted molar refractivity (Wildman–Crippen MR) is 159 cm³/mol. The summed E-state index contributed by atoms with van der Waals surface area (Å²) >= 11 is 8.60. The molecular formula is C32H54Br2O2. The van der Waals surface area contributed by atoms with Gasteiger partial charge in [-0.05, 0) is 97.7 Å². The highest BCUT2D eigenvalue weighted by atomic mass is 79.9. The van der Waals surface area contributed by atoms with Crippen LogP contribution in [-0.4, -0.2) is 21.2 Å². The van der Waals surface area contributed by atoms with E-state index in [1.54, 1.807) is 0 Å². The lowest BCUT2D eigenvalue weighted by Gasteiger charge is -2.66. The van der Waals surface area contributed by atoms with E-state index in [1.165, 1.54) is 57.8 Å². The Kier molecular flexibility index (Phi) is 9.40. The molecule has 0 heterocycles. The van der Waals surface area contributed by atoms with Gasteiger partial charge in [-0.2, -0.15) is 0 Å². The highest BCUT2D eigenvalue weighted by Gasteiger charge is 2.67. The fourth-order valence-electron chi connectivity index (χ4n) is 9.84. The number of esters is 1. The molecule has 2 nitrogen and oxygen atoms in total. The molecule has 0 aromatic rings. The third-order valence-electron chi connectivity index (χ3n) is 11.9. The Hall–Kier alpha value is 0.430. The van der Waals surface area contributed by atoms with E-state index >= 15 is 0 Å². The van der Waals surface area contributed by atoms with Crippen molar-refractivity contribution in [1.29, 1.82) is 0 Å². The molecule has 10 atom stereocenters. The molecule has 0 saturated heterocycles. The molecule has 0 bridgehead atoms. The number of fused-ring (bicyclic) bond motifs is 5. The van der Waals surface area contributed by atoms with Gasteiger partial charge in [-0.15, -0.1) is 0 Å². The first-order chi connectivity index (χ1) is 17.0. The molecule has 0 N–H and O–H groups in total. The van der Waals surface area contributed by atoms with Crippen LogP contribution >= 0.6 is 31.9 Å². The average molecular weight is 631 g/mol. The van der Waals surface area contributed by atoms with Gasteiger partial charge in [-0.25, -0.2) is 0 Å². The highest BCUT2D eigenvalue weighted by Crippen LogP contribution is 2.71. The number of alkyl halides is 2. The number of hydrogen-bond acceptors (Lipinski definition) is 2. The van der Waals surface area contributed by atoms with Crippen molar-refractivity contribution in [2.24, 2.45) is 46.3 Å². The van der Waals surface area contributed by atoms with Crippen molar-refractivity contribution in [2.75, 3.05) is 0 Å². The molecule has 0 spiro atoms. The topological polar surface area (TPSA) is 26.3 Å². The summed E-state index contributed by atoms with van der Waals surface area (Å²) in [6.07, 6.45) is 16.9. The van der Waals surface area contributed by atoms with Crippen LogP contribution in [-0.2, 0) is 9.53 Å². The van der Waals surface area contributed by atoms with Gasteiger partial charge in [0.2, 0.25) is 0 Å². The van der Waals surface area contributed by atoms with Crippen LogP contribution in [0.15, 0.2) is 0 Å². The molecule has 4 saturated carbocycles. The maximum atomic E-state index is 12.4. The van der Waals surface area contributed by atoms with E-state index in [-0.39, 0.29) is 21.8 Å². The van der Waals surface area contributed by atoms with Crippen molar-refractivity contribution in [2.45, 2.75) is 147 Å². The number of carbonyl (C=O) groups is 1. The summed E-state index contributed by atoms with van der Waals surface area (Å²) in [5, 5.41) is 0. The second-order valence-electron chi connectivity index (χ2n) is 14.3. The quantitative estimate of drug-likeness (QED) is 0.187. The van der Waals surface area contributed by atoms with Gasteiger partial charge in [-0.3, -0.25) is 4.79 Å². The van der Waals surface area contributed by atoms with Crippen molar-refractivity contribution in [1.82, 2.24) is 0 Å². The Bertz CT molecular complexity index is 769. The van der Waals surface area contributed by atoms with E-state index in [1.807, 2.05) is 0 Å². The Morgan fingerprint density at radius 2 is 1.75 bits per heavy atom. The van der Waals surface area contributed by atoms with Gasteiger partial charge < -0.3 is 4.74 Å². The normalized spacial score (nSPS) is 45.0. The molecule has 36 heavy (non-hydrogen) atoms. The number of halogens is 2. The van der Waals surface area contributed by atoms with Crippen LogP contribution < -0.4 is 0 Å². The van der Waals surface area contributed by atoms with Gasteiger partial charge in [0, 0.05) is 22.0 Å². The largest absolute Gasteiger partial charge is 0.462 e. The molecule has 4 fully saturated rings. The lowest BCUT2D eigenvalue weighted by molar-refractivity contribution is -0.158. The number of carbonyl (C=O) groups excluding carboxylic acids is 1. The Labute approximate surface area is 239 Å². The van der Waals surface area contributed by atoms with Crippen LogP contribution in [0.4, 0.5) is 0 Å². The summed E-state index contributed by atoms with van der Waals surface area (Å²) in [6, 6.07) is 0. The Morgan fingerprint density at radius 1 is 1.00 bits per heavy atom. The number of unbranched alkanes of at least 4 members (excludes halogenated alkanes) is 1. The number of hydrogen-bond donors (Lipinski definition) is 0. The zero-order chi connectivity index (χ0) is 26.3. The first-order valence-electron chi connectivity index (χ1n) is 15.5. The second kappa shape index (κ2) is 11.5. The summed E-state index contributed by atoms with van der Waals surface area (Å²) in [4.78, 5) is 12.9. The smallest absolute Gasteiger partial charge is 0.306 e. The molecule has 208 valence electrons. The van der Waals surface area contributed by atoms with Crippen molar-refractivity contribution >= 4 is 37.8 Å². The minimum Gasteiger partial charge on any atom is -0.462 e. The fraction of sp³-hybridized carbons (Fsp3) is 0.969. The van der Waals surface area contributed by atoms with Gasteiger partial charge in [-0.1, -0.05) is 99.1 Å². The van der Waals surface area contributed by atoms with E-state index < -0.39 is 0 Å². The number of rotatable bonds is 9. The molecule has 4 aliphatic carbocycles. The lowest BCUT2D eigenvalue weighted by atomic mass is 9.44. The Balaban J connectivity index is 1.46. The molecule has 4 rings (SSSR count). The van der Waals surface area contributed by atoms with Crippen LogP contribution in [0.25, 0.3) is 0 Å². The van der Waals surface area contributed by atoms with E-state index in [0.29, 0.717) is 16.7 Å². The zero-order valence-corrected chi connectivity index (χ0v) is 27.3. The van der Waals surface area contributed by atoms with Gasteiger partial charge in [0.15, 0.2) is 0 Å². The van der Waals surface area contributed by atoms with E-state index in [0.717, 1.165) is 61.2 Å². The minimum absolute atomic E-state index is 0.00862. The van der Waals surface area contributed by atoms with Gasteiger partial charge >= 0.3 is 5.97 Å². The molecule has 10 unspecified atom stereocenters. The summed E-state index contributed by atoms with van der Waals surface area (Å²) in [6.45, 7) is 14.7. The highest BCUT2D eigenvalue weighted by molar-refractivity contribution is 9.12. The first-order valence-corrected chi connectivity index (χ1v) is 17.2. The van der Waals surface area contributed by atoms with Crippen LogP contribution in [0.5, 0.6) is 0 Å². The standard InChI is InChI=1S/C32H54Br2O2/c1-7-8-12-29(35)36-23-15-18-31(6)27-16-17-30(5)25(22(4)11-9-10-21(2)3)13-14-26(30)24(27)19-28(33)32(31,34)20-23/h21-28H,7-20H2,1-6H3. The van der Waals surface area contributed by atoms with Crippen LogP contribution in [0.2, 0.25) is 0 Å². The van der Waals surface area contributed by atoms with E-state index in [2.05, 4.69) is 73.4 Å². The van der Waals surface area contributed by atoms with E-state index in [4.69, 9.17) is 4.74 Å². The third-order valence-corrected chi connectivity index (χ3v) is 15.5. The molecule has 0 aliphatic heterocycles. The van der Waals surface area contributed by atoms with Crippen molar-refractivity contribution in [3.8, 4) is 0 Å². The molecule has 0 aromatic heterocycles. The minimum atomic E-state index is 0.00862. The zero-order valence-electron chi connectivity index (χ0n) is 24.1. The molecule has 0 radical (unpaired) electrons. The molecule has 4 heteroatoms. The maximum absolute atomic E-state index is 12.4. The predicted octanol–water partition coefficient (Wildman–Crippen LogP) is 10.1. The number of ether oxygens (including phenoxy) is 1. The summed E-state index contributed by atoms with van der Waals surface area (Å²) in [5.74, 6) is 5.11.